The fourth-order valence-electron chi connectivity index (χ4n) is 4.33. The number of halogens is 2. The van der Waals surface area contributed by atoms with Gasteiger partial charge in [0.05, 0.1) is 6.61 Å². The summed E-state index contributed by atoms with van der Waals surface area (Å²) < 4.78 is 32.6. The molecule has 2 aromatic carbocycles. The number of ether oxygens (including phenoxy) is 1. The maximum absolute atomic E-state index is 13.3. The highest BCUT2D eigenvalue weighted by atomic mass is 19.3. The van der Waals surface area contributed by atoms with Crippen molar-refractivity contribution < 1.29 is 18.3 Å². The van der Waals surface area contributed by atoms with E-state index in [1.165, 1.54) is 37.3 Å². The lowest BCUT2D eigenvalue weighted by Gasteiger charge is -2.31. The van der Waals surface area contributed by atoms with Crippen LogP contribution in [0, 0.1) is 0 Å². The lowest BCUT2D eigenvalue weighted by atomic mass is 10.0. The van der Waals surface area contributed by atoms with Gasteiger partial charge in [0.25, 0.3) is 11.8 Å². The zero-order chi connectivity index (χ0) is 21.0. The number of likely N-dealkylation sites (tertiary alicyclic amines) is 2. The van der Waals surface area contributed by atoms with Crippen molar-refractivity contribution in [2.24, 2.45) is 0 Å². The Morgan fingerprint density at radius 2 is 1.63 bits per heavy atom. The number of nitrogens with zero attached hydrogens (tertiary/aromatic N) is 2. The average molecular weight is 417 g/mol. The molecule has 162 valence electrons. The van der Waals surface area contributed by atoms with Gasteiger partial charge < -0.3 is 14.5 Å². The van der Waals surface area contributed by atoms with Gasteiger partial charge in [0.2, 0.25) is 0 Å². The molecule has 4 nitrogen and oxygen atoms in total. The quantitative estimate of drug-likeness (QED) is 0.624. The number of benzene rings is 2. The van der Waals surface area contributed by atoms with Crippen molar-refractivity contribution in [1.82, 2.24) is 9.80 Å². The highest BCUT2D eigenvalue weighted by Gasteiger charge is 2.35. The van der Waals surface area contributed by atoms with Crippen LogP contribution in [0.5, 0.6) is 5.75 Å². The minimum Gasteiger partial charge on any atom is -0.494 e. The molecule has 30 heavy (non-hydrogen) atoms. The Balaban J connectivity index is 1.32. The molecule has 2 aliphatic rings. The van der Waals surface area contributed by atoms with E-state index in [-0.39, 0.29) is 31.8 Å². The summed E-state index contributed by atoms with van der Waals surface area (Å²) in [6, 6.07) is 11.4. The van der Waals surface area contributed by atoms with Crippen LogP contribution in [0.2, 0.25) is 0 Å². The minimum atomic E-state index is -2.65. The van der Waals surface area contributed by atoms with Crippen LogP contribution in [-0.2, 0) is 0 Å². The molecule has 0 aliphatic carbocycles. The normalized spacial score (nSPS) is 19.7. The molecule has 6 heteroatoms. The molecule has 2 aliphatic heterocycles. The Kier molecular flexibility index (Phi) is 6.52. The summed E-state index contributed by atoms with van der Waals surface area (Å²) in [5, 5.41) is 1.95. The highest BCUT2D eigenvalue weighted by molar-refractivity contribution is 5.98. The van der Waals surface area contributed by atoms with Crippen molar-refractivity contribution in [1.29, 1.82) is 0 Å². The summed E-state index contributed by atoms with van der Waals surface area (Å²) in [5.74, 6) is -1.99. The van der Waals surface area contributed by atoms with E-state index in [1.807, 2.05) is 30.3 Å². The van der Waals surface area contributed by atoms with Gasteiger partial charge in [0, 0.05) is 38.0 Å². The third-order valence-corrected chi connectivity index (χ3v) is 6.18. The number of fused-ring (bicyclic) bond motifs is 1. The summed E-state index contributed by atoms with van der Waals surface area (Å²) in [7, 11) is 0. The molecule has 4 rings (SSSR count). The van der Waals surface area contributed by atoms with Crippen LogP contribution in [-0.4, -0.2) is 61.0 Å². The number of amides is 1. The molecule has 0 aromatic heterocycles. The van der Waals surface area contributed by atoms with Crippen molar-refractivity contribution >= 4 is 16.7 Å². The third-order valence-electron chi connectivity index (χ3n) is 6.18. The summed E-state index contributed by atoms with van der Waals surface area (Å²) >= 11 is 0. The van der Waals surface area contributed by atoms with Crippen molar-refractivity contribution in [2.45, 2.75) is 44.4 Å². The maximum atomic E-state index is 13.3. The van der Waals surface area contributed by atoms with Crippen molar-refractivity contribution in [3.8, 4) is 5.75 Å². The Bertz CT molecular complexity index is 871. The molecule has 0 N–H and O–H groups in total. The van der Waals surface area contributed by atoms with E-state index in [2.05, 4.69) is 4.90 Å². The van der Waals surface area contributed by atoms with Crippen LogP contribution in [0.3, 0.4) is 0 Å². The monoisotopic (exact) mass is 416 g/mol. The van der Waals surface area contributed by atoms with Crippen LogP contribution in [0.15, 0.2) is 36.4 Å². The van der Waals surface area contributed by atoms with E-state index in [0.29, 0.717) is 12.2 Å². The number of hydrogen-bond donors (Lipinski definition) is 0. The largest absolute Gasteiger partial charge is 0.494 e. The van der Waals surface area contributed by atoms with Crippen LogP contribution in [0.4, 0.5) is 8.78 Å². The Morgan fingerprint density at radius 3 is 2.40 bits per heavy atom. The predicted octanol–water partition coefficient (Wildman–Crippen LogP) is 4.97. The van der Waals surface area contributed by atoms with Gasteiger partial charge in [-0.15, -0.1) is 0 Å². The molecule has 0 unspecified atom stereocenters. The number of carbonyl (C=O) groups excluding carboxylic acids is 1. The summed E-state index contributed by atoms with van der Waals surface area (Å²) in [4.78, 5) is 16.7. The van der Waals surface area contributed by atoms with E-state index in [1.54, 1.807) is 6.07 Å². The second-order valence-electron chi connectivity index (χ2n) is 8.48. The van der Waals surface area contributed by atoms with Gasteiger partial charge in [-0.25, -0.2) is 8.78 Å². The fourth-order valence-corrected chi connectivity index (χ4v) is 4.33. The first-order chi connectivity index (χ1) is 14.5. The minimum absolute atomic E-state index is 0.105. The fraction of sp³-hybridized carbons (Fsp3) is 0.542. The standard InChI is InChI=1S/C24H30F2N2O2/c25-24(26)9-14-28(15-10-24)23(29)21-6-5-20-18-22(8-7-19(20)17-21)30-16-4-13-27-11-2-1-3-12-27/h5-8,17-18H,1-4,9-16H2. The molecule has 2 saturated heterocycles. The first-order valence-electron chi connectivity index (χ1n) is 11.1. The molecular weight excluding hydrogens is 386 g/mol. The lowest BCUT2D eigenvalue weighted by Crippen LogP contribution is -2.42. The summed E-state index contributed by atoms with van der Waals surface area (Å²) in [6.45, 7) is 4.40. The smallest absolute Gasteiger partial charge is 0.253 e. The van der Waals surface area contributed by atoms with Crippen LogP contribution in [0.25, 0.3) is 10.8 Å². The van der Waals surface area contributed by atoms with Crippen LogP contribution >= 0.6 is 0 Å². The zero-order valence-corrected chi connectivity index (χ0v) is 17.4. The van der Waals surface area contributed by atoms with E-state index in [9.17, 15) is 13.6 Å². The topological polar surface area (TPSA) is 32.8 Å². The lowest BCUT2D eigenvalue weighted by molar-refractivity contribution is -0.0494. The number of rotatable bonds is 6. The summed E-state index contributed by atoms with van der Waals surface area (Å²) in [5.41, 5.74) is 0.544. The van der Waals surface area contributed by atoms with Crippen LogP contribution in [0.1, 0.15) is 48.9 Å². The molecule has 2 heterocycles. The first-order valence-corrected chi connectivity index (χ1v) is 11.1. The second-order valence-corrected chi connectivity index (χ2v) is 8.48. The Morgan fingerprint density at radius 1 is 0.933 bits per heavy atom. The van der Waals surface area contributed by atoms with E-state index >= 15 is 0 Å². The SMILES string of the molecule is O=C(c1ccc2cc(OCCCN3CCCCC3)ccc2c1)N1CCC(F)(F)CC1. The third kappa shape index (κ3) is 5.28. The van der Waals surface area contributed by atoms with Gasteiger partial charge >= 0.3 is 0 Å². The number of piperidine rings is 2. The van der Waals surface area contributed by atoms with Crippen molar-refractivity contribution in [3.05, 3.63) is 42.0 Å². The van der Waals surface area contributed by atoms with E-state index in [0.717, 1.165) is 29.5 Å². The maximum Gasteiger partial charge on any atom is 0.253 e. The zero-order valence-electron chi connectivity index (χ0n) is 17.4. The van der Waals surface area contributed by atoms with Gasteiger partial charge in [0.1, 0.15) is 5.75 Å². The average Bonchev–Trinajstić information content (AvgIpc) is 2.76. The molecular formula is C24H30F2N2O2. The molecule has 1 amide bonds. The molecule has 2 aromatic rings. The number of carbonyl (C=O) groups is 1. The molecule has 2 fully saturated rings. The van der Waals surface area contributed by atoms with Crippen molar-refractivity contribution in [3.63, 3.8) is 0 Å². The molecule has 0 spiro atoms. The highest BCUT2D eigenvalue weighted by Crippen LogP contribution is 2.29. The van der Waals surface area contributed by atoms with Crippen LogP contribution < -0.4 is 4.74 Å². The molecule has 0 atom stereocenters. The number of hydrogen-bond acceptors (Lipinski definition) is 3. The van der Waals surface area contributed by atoms with Gasteiger partial charge in [-0.3, -0.25) is 4.79 Å². The van der Waals surface area contributed by atoms with Gasteiger partial charge in [-0.05, 0) is 67.4 Å². The Labute approximate surface area is 176 Å². The summed E-state index contributed by atoms with van der Waals surface area (Å²) in [6.07, 6.45) is 4.46. The molecule has 0 radical (unpaired) electrons. The second kappa shape index (κ2) is 9.29. The Hall–Kier alpha value is -2.21. The van der Waals surface area contributed by atoms with Gasteiger partial charge in [-0.2, -0.15) is 0 Å². The predicted molar refractivity (Wildman–Crippen MR) is 114 cm³/mol. The molecule has 0 saturated carbocycles. The van der Waals surface area contributed by atoms with Gasteiger partial charge in [0.15, 0.2) is 0 Å². The number of alkyl halides is 2. The van der Waals surface area contributed by atoms with Gasteiger partial charge in [-0.1, -0.05) is 18.6 Å². The first kappa shape index (κ1) is 21.0. The van der Waals surface area contributed by atoms with E-state index in [4.69, 9.17) is 4.74 Å². The molecule has 0 bridgehead atoms. The van der Waals surface area contributed by atoms with Crippen molar-refractivity contribution in [2.75, 3.05) is 39.3 Å². The van der Waals surface area contributed by atoms with E-state index < -0.39 is 5.92 Å².